The number of nitrogens with two attached hydrogens (primary N) is 2. The number of hydrogen-bond acceptors (Lipinski definition) is 35. The van der Waals surface area contributed by atoms with Gasteiger partial charge < -0.3 is 61.9 Å². The number of carbonyl (C=O) groups is 6. The molecule has 5 amide bonds. The Bertz CT molecular complexity index is 5180. The molecule has 0 bridgehead atoms. The fourth-order valence-corrected chi connectivity index (χ4v) is 8.51. The van der Waals surface area contributed by atoms with Gasteiger partial charge in [0.15, 0.2) is 5.69 Å². The van der Waals surface area contributed by atoms with Gasteiger partial charge in [0.05, 0.1) is 7.11 Å². The fraction of sp³-hybridized carbons (Fsp3) is 0.218. The van der Waals surface area contributed by atoms with Gasteiger partial charge >= 0.3 is 30.3 Å². The van der Waals surface area contributed by atoms with Crippen LogP contribution in [0.3, 0.4) is 0 Å². The molecule has 9 N–H and O–H groups in total. The number of nitrogen functional groups attached to an aromatic ring is 2. The number of ether oxygens (including phenoxy) is 10. The Morgan fingerprint density at radius 2 is 0.669 bits per heavy atom. The second-order valence-electron chi connectivity index (χ2n) is 27.5. The van der Waals surface area contributed by atoms with Crippen LogP contribution in [0.1, 0.15) is 110 Å². The van der Waals surface area contributed by atoms with Crippen molar-refractivity contribution in [3.05, 3.63) is 213 Å². The molecule has 7 heterocycles. The number of rotatable bonds is 18. The summed E-state index contributed by atoms with van der Waals surface area (Å²) in [5.74, 6) is 8.48. The quantitative estimate of drug-likeness (QED) is 0.0105. The van der Waals surface area contributed by atoms with Crippen molar-refractivity contribution in [3.63, 3.8) is 0 Å². The molecule has 12 rings (SSSR count). The van der Waals surface area contributed by atoms with Crippen LogP contribution in [0.5, 0.6) is 58.1 Å². The van der Waals surface area contributed by atoms with Gasteiger partial charge in [-0.1, -0.05) is 0 Å². The van der Waals surface area contributed by atoms with Gasteiger partial charge in [-0.05, 0) is 204 Å². The molecule has 0 aliphatic heterocycles. The van der Waals surface area contributed by atoms with Crippen LogP contribution >= 0.6 is 0 Å². The van der Waals surface area contributed by atoms with Crippen LogP contribution in [0.15, 0.2) is 205 Å². The summed E-state index contributed by atoms with van der Waals surface area (Å²) in [6, 6.07) is 42.9. The van der Waals surface area contributed by atoms with E-state index in [2.05, 4.69) is 96.2 Å². The first-order valence-corrected chi connectivity index (χ1v) is 34.9. The van der Waals surface area contributed by atoms with Gasteiger partial charge in [0.25, 0.3) is 17.7 Å². The first kappa shape index (κ1) is 87.6. The van der Waals surface area contributed by atoms with E-state index in [4.69, 9.17) is 68.3 Å². The minimum absolute atomic E-state index is 0.0794. The summed E-state index contributed by atoms with van der Waals surface area (Å²) in [6.45, 7) is 21.5. The number of esters is 1. The second kappa shape index (κ2) is 41.5. The maximum Gasteiger partial charge on any atom is 0.412 e. The van der Waals surface area contributed by atoms with Crippen molar-refractivity contribution >= 4 is 64.7 Å². The lowest BCUT2D eigenvalue weighted by Crippen LogP contribution is -2.30. The van der Waals surface area contributed by atoms with Crippen LogP contribution in [0.2, 0.25) is 0 Å². The molecule has 0 saturated heterocycles. The Balaban J connectivity index is 0.000000184. The zero-order valence-electron chi connectivity index (χ0n) is 65.7. The summed E-state index contributed by atoms with van der Waals surface area (Å²) < 4.78 is 63.3. The molecule has 0 aliphatic rings. The minimum atomic E-state index is -0.579. The van der Waals surface area contributed by atoms with E-state index in [1.54, 1.807) is 217 Å². The molecule has 0 atom stereocenters. The van der Waals surface area contributed by atoms with Crippen LogP contribution < -0.4 is 62.0 Å². The van der Waals surface area contributed by atoms with Crippen LogP contribution in [0.25, 0.3) is 23.2 Å². The van der Waals surface area contributed by atoms with Crippen LogP contribution in [-0.2, 0) is 23.7 Å². The molecule has 0 fully saturated rings. The molecular formula is C78H80N22O18. The fourth-order valence-electron chi connectivity index (χ4n) is 8.51. The van der Waals surface area contributed by atoms with E-state index in [-0.39, 0.29) is 40.6 Å². The summed E-state index contributed by atoms with van der Waals surface area (Å²) in [4.78, 5) is 109. The number of anilines is 5. The highest BCUT2D eigenvalue weighted by atomic mass is 16.6. The Hall–Kier alpha value is -16.0. The van der Waals surface area contributed by atoms with E-state index in [9.17, 15) is 28.8 Å². The molecule has 0 aliphatic carbocycles. The first-order valence-electron chi connectivity index (χ1n) is 34.9. The highest BCUT2D eigenvalue weighted by Gasteiger charge is 2.22. The number of methoxy groups -OCH3 is 1. The van der Waals surface area contributed by atoms with Gasteiger partial charge in [-0.2, -0.15) is 5.26 Å². The maximum absolute atomic E-state index is 11.8. The van der Waals surface area contributed by atoms with E-state index in [0.29, 0.717) is 86.2 Å². The van der Waals surface area contributed by atoms with Crippen LogP contribution in [0.4, 0.5) is 47.6 Å². The topological polar surface area (TPSA) is 537 Å². The number of aromatic nitrogens is 14. The number of hydrazine groups is 1. The summed E-state index contributed by atoms with van der Waals surface area (Å²) >= 11 is 0. The van der Waals surface area contributed by atoms with Crippen molar-refractivity contribution in [1.29, 1.82) is 5.26 Å². The second-order valence-corrected chi connectivity index (χ2v) is 27.5. The molecular weight excluding hydrogens is 1530 g/mol. The van der Waals surface area contributed by atoms with Gasteiger partial charge in [-0.3, -0.25) is 31.5 Å². The number of carbonyl (C=O) groups excluding carboxylic acids is 6. The molecule has 0 unspecified atom stereocenters. The molecule has 0 spiro atoms. The highest BCUT2D eigenvalue weighted by molar-refractivity contribution is 5.92. The van der Waals surface area contributed by atoms with Crippen molar-refractivity contribution in [2.45, 2.75) is 105 Å². The number of nitriles is 1. The Labute approximate surface area is 673 Å². The molecule has 40 heteroatoms. The lowest BCUT2D eigenvalue weighted by atomic mass is 10.2. The van der Waals surface area contributed by atoms with E-state index in [1.807, 2.05) is 11.5 Å². The molecule has 40 nitrogen and oxygen atoms in total. The number of hydrogen-bond donors (Lipinski definition) is 7. The van der Waals surface area contributed by atoms with Gasteiger partial charge in [0, 0.05) is 58.8 Å². The smallest absolute Gasteiger partial charge is 0.412 e. The van der Waals surface area contributed by atoms with Gasteiger partial charge in [0.1, 0.15) is 112 Å². The third-order valence-electron chi connectivity index (χ3n) is 13.2. The molecule has 118 heavy (non-hydrogen) atoms. The highest BCUT2D eigenvalue weighted by Crippen LogP contribution is 2.30. The largest absolute Gasteiger partial charge is 0.464 e. The monoisotopic (exact) mass is 1610 g/mol. The number of nitrogens with one attached hydrogen (secondary N) is 5. The molecule has 12 aromatic rings. The predicted molar refractivity (Wildman–Crippen MR) is 421 cm³/mol. The zero-order valence-corrected chi connectivity index (χ0v) is 65.7. The van der Waals surface area contributed by atoms with Crippen molar-refractivity contribution < 1.29 is 85.0 Å². The average molecular weight is 1610 g/mol. The maximum atomic E-state index is 11.8. The number of nitrogens with zero attached hydrogens (tertiary/aromatic N) is 15. The van der Waals surface area contributed by atoms with Crippen molar-refractivity contribution in [3.8, 4) is 87.4 Å². The third-order valence-corrected chi connectivity index (χ3v) is 13.2. The van der Waals surface area contributed by atoms with Gasteiger partial charge in [-0.15, -0.1) is 20.4 Å². The summed E-state index contributed by atoms with van der Waals surface area (Å²) in [5, 5.41) is 34.0. The summed E-state index contributed by atoms with van der Waals surface area (Å²) in [6.07, 6.45) is 6.68. The predicted octanol–water partition coefficient (Wildman–Crippen LogP) is 14.7. The average Bonchev–Trinajstić information content (AvgIpc) is 1.38. The Morgan fingerprint density at radius 3 is 0.966 bits per heavy atom. The van der Waals surface area contributed by atoms with Crippen molar-refractivity contribution in [2.75, 3.05) is 34.1 Å². The van der Waals surface area contributed by atoms with Gasteiger partial charge in [-0.25, -0.2) is 79.7 Å². The molecule has 5 aromatic carbocycles. The van der Waals surface area contributed by atoms with E-state index in [1.165, 1.54) is 69.7 Å². The standard InChI is InChI=1S/C17H17N5O4.C17H19N3O5.C16H19N5O4.C16H16N4O3.C12H9N5O2/c1-17(2,3)26-16(23)21-11-4-6-12(7-5-11)25-14-8-13(18-9-19-14)15-22-20-10-24-15;1-17(2,3)25-16(22)20-11-5-7-12(8-6-11)24-14-9-13(15(21)23-4)18-10-19-14;1-16(2,3)25-15(23)20-10-4-6-11(7-5-10)24-13-8-12(14(22)21-17)18-9-19-13;1-16(2,3)23-15(21)20-11-4-6-13(7-5-11)22-14-8-12(9-17)18-10-19-14;13-8-1-3-9(4-2-8)19-11-5-10(14-6-15-11)12-17-16-7-18-12/h4-10H,1-3H3,(H,21,23);5-10H,1-4H3,(H,20,22);4-9H,17H2,1-3H3,(H,20,23)(H,21,22);4-8,10H,1-3H3,(H,20,21);1-7H,13H2. The number of benzene rings is 5. The van der Waals surface area contributed by atoms with E-state index < -0.39 is 58.7 Å². The molecule has 610 valence electrons. The SMILES string of the molecule is CC(C)(C)OC(=O)Nc1ccc(Oc2cc(-c3nnco3)ncn2)cc1.CC(C)(C)OC(=O)Nc1ccc(Oc2cc(C#N)ncn2)cc1.CC(C)(C)OC(=O)Nc1ccc(Oc2cc(C(=O)NN)ncn2)cc1.COC(=O)c1cc(Oc2ccc(NC(=O)OC(C)(C)C)cc2)ncn1.Nc1ccc(Oc2cc(-c3nnco3)ncn2)cc1. The lowest BCUT2D eigenvalue weighted by molar-refractivity contribution is 0.0588. The molecule has 0 radical (unpaired) electrons. The minimum Gasteiger partial charge on any atom is -0.464 e. The van der Waals surface area contributed by atoms with Gasteiger partial charge in [0.2, 0.25) is 42.2 Å². The summed E-state index contributed by atoms with van der Waals surface area (Å²) in [7, 11) is 1.27. The summed E-state index contributed by atoms with van der Waals surface area (Å²) in [5.41, 5.74) is 9.59. The number of amides is 5. The Kier molecular flexibility index (Phi) is 30.8. The van der Waals surface area contributed by atoms with Crippen LogP contribution in [0, 0.1) is 11.3 Å². The third kappa shape index (κ3) is 31.7. The van der Waals surface area contributed by atoms with E-state index >= 15 is 0 Å². The normalized spacial score (nSPS) is 10.7. The molecule has 7 aromatic heterocycles. The van der Waals surface area contributed by atoms with Crippen LogP contribution in [-0.4, -0.2) is 136 Å². The lowest BCUT2D eigenvalue weighted by Gasteiger charge is -2.19. The van der Waals surface area contributed by atoms with E-state index in [0.717, 1.165) is 0 Å². The zero-order chi connectivity index (χ0) is 85.4. The molecule has 0 saturated carbocycles. The Morgan fingerprint density at radius 1 is 0.381 bits per heavy atom. The van der Waals surface area contributed by atoms with Crippen molar-refractivity contribution in [1.82, 2.24) is 75.7 Å². The first-order chi connectivity index (χ1) is 56.1. The van der Waals surface area contributed by atoms with Crippen molar-refractivity contribution in [2.24, 2.45) is 5.84 Å².